The predicted octanol–water partition coefficient (Wildman–Crippen LogP) is 1.62. The summed E-state index contributed by atoms with van der Waals surface area (Å²) in [5.41, 5.74) is 1.03. The zero-order valence-corrected chi connectivity index (χ0v) is 24.4. The van der Waals surface area contributed by atoms with Gasteiger partial charge in [-0.3, -0.25) is 19.3 Å². The van der Waals surface area contributed by atoms with Crippen molar-refractivity contribution < 1.29 is 33.7 Å². The van der Waals surface area contributed by atoms with Crippen molar-refractivity contribution in [1.82, 2.24) is 20.4 Å². The quantitative estimate of drug-likeness (QED) is 0.430. The number of hydrogen-bond donors (Lipinski definition) is 4. The largest absolute Gasteiger partial charge is 0.508 e. The Morgan fingerprint density at radius 3 is 2.45 bits per heavy atom. The van der Waals surface area contributed by atoms with Gasteiger partial charge in [0.15, 0.2) is 0 Å². The van der Waals surface area contributed by atoms with Gasteiger partial charge in [0.1, 0.15) is 35.5 Å². The lowest BCUT2D eigenvalue weighted by Gasteiger charge is -2.31. The lowest BCUT2D eigenvalue weighted by Crippen LogP contribution is -2.55. The Morgan fingerprint density at radius 1 is 1.05 bits per heavy atom. The molecule has 1 fully saturated rings. The van der Waals surface area contributed by atoms with Crippen molar-refractivity contribution in [2.45, 2.75) is 63.8 Å². The Kier molecular flexibility index (Phi) is 10.4. The van der Waals surface area contributed by atoms with Crippen LogP contribution in [0.5, 0.6) is 11.5 Å². The summed E-state index contributed by atoms with van der Waals surface area (Å²) >= 11 is 0. The fourth-order valence-electron chi connectivity index (χ4n) is 5.06. The minimum absolute atomic E-state index is 0.0100. The number of aliphatic hydroxyl groups is 1. The maximum atomic E-state index is 13.5. The highest BCUT2D eigenvalue weighted by atomic mass is 19.1. The van der Waals surface area contributed by atoms with Gasteiger partial charge in [-0.2, -0.15) is 0 Å². The molecule has 11 heteroatoms. The molecule has 4 atom stereocenters. The molecular weight excluding hydrogens is 543 g/mol. The number of hydrogen-bond acceptors (Lipinski definition) is 7. The number of ether oxygens (including phenoxy) is 1. The number of carbonyl (C=O) groups excluding carboxylic acids is 3. The molecule has 228 valence electrons. The molecule has 0 aromatic heterocycles. The number of benzene rings is 2. The number of aliphatic hydroxyl groups excluding tert-OH is 1. The lowest BCUT2D eigenvalue weighted by molar-refractivity contribution is -0.140. The number of phenolic OH excluding ortho intramolecular Hbond substituents is 1. The van der Waals surface area contributed by atoms with E-state index in [0.717, 1.165) is 19.4 Å². The Bertz CT molecular complexity index is 1250. The highest BCUT2D eigenvalue weighted by Gasteiger charge is 2.31. The molecule has 10 nitrogen and oxygen atoms in total. The zero-order chi connectivity index (χ0) is 30.4. The minimum Gasteiger partial charge on any atom is -0.508 e. The molecule has 1 aliphatic carbocycles. The van der Waals surface area contributed by atoms with Crippen LogP contribution in [0.4, 0.5) is 4.39 Å². The van der Waals surface area contributed by atoms with Gasteiger partial charge in [0.05, 0.1) is 12.6 Å². The molecule has 1 aliphatic heterocycles. The van der Waals surface area contributed by atoms with Gasteiger partial charge >= 0.3 is 0 Å². The fourth-order valence-corrected chi connectivity index (χ4v) is 5.06. The van der Waals surface area contributed by atoms with E-state index in [1.165, 1.54) is 35.2 Å². The molecule has 1 saturated carbocycles. The van der Waals surface area contributed by atoms with Crippen LogP contribution in [0.1, 0.15) is 37.8 Å². The summed E-state index contributed by atoms with van der Waals surface area (Å²) < 4.78 is 19.7. The van der Waals surface area contributed by atoms with Gasteiger partial charge in [-0.05, 0) is 62.4 Å². The molecule has 1 heterocycles. The molecule has 0 saturated heterocycles. The molecule has 0 spiro atoms. The topological polar surface area (TPSA) is 131 Å². The number of nitrogens with one attached hydrogen (secondary N) is 2. The second kappa shape index (κ2) is 14.0. The van der Waals surface area contributed by atoms with Crippen molar-refractivity contribution in [1.29, 1.82) is 0 Å². The Labute approximate surface area is 245 Å². The zero-order valence-electron chi connectivity index (χ0n) is 24.4. The summed E-state index contributed by atoms with van der Waals surface area (Å²) in [4.78, 5) is 43.2. The highest BCUT2D eigenvalue weighted by molar-refractivity contribution is 5.92. The summed E-state index contributed by atoms with van der Waals surface area (Å²) in [5, 5.41) is 26.8. The molecule has 4 rings (SSSR count). The van der Waals surface area contributed by atoms with Gasteiger partial charge < -0.3 is 30.5 Å². The van der Waals surface area contributed by atoms with Gasteiger partial charge in [-0.15, -0.1) is 0 Å². The van der Waals surface area contributed by atoms with Crippen LogP contribution in [0.2, 0.25) is 0 Å². The highest BCUT2D eigenvalue weighted by Crippen LogP contribution is 2.31. The van der Waals surface area contributed by atoms with E-state index < -0.39 is 35.8 Å². The third-order valence-corrected chi connectivity index (χ3v) is 7.82. The third kappa shape index (κ3) is 8.65. The number of β-amino-alcohol motifs (C(OH)–C–C–N with tert-alkyl or cyclic N) is 1. The molecule has 4 unspecified atom stereocenters. The Balaban J connectivity index is 1.61. The maximum Gasteiger partial charge on any atom is 0.243 e. The van der Waals surface area contributed by atoms with Gasteiger partial charge in [-0.1, -0.05) is 18.2 Å². The number of likely N-dealkylation sites (N-methyl/N-ethyl adjacent to an activating group) is 1. The normalized spacial score (nSPS) is 25.5. The van der Waals surface area contributed by atoms with Gasteiger partial charge in [0.25, 0.3) is 0 Å². The number of amides is 3. The van der Waals surface area contributed by atoms with Gasteiger partial charge in [-0.25, -0.2) is 4.39 Å². The van der Waals surface area contributed by atoms with Gasteiger partial charge in [0, 0.05) is 45.1 Å². The van der Waals surface area contributed by atoms with Crippen LogP contribution in [-0.2, 0) is 27.2 Å². The van der Waals surface area contributed by atoms with Crippen LogP contribution in [-0.4, -0.2) is 95.3 Å². The first-order valence-corrected chi connectivity index (χ1v) is 14.5. The van der Waals surface area contributed by atoms with Crippen LogP contribution in [0.15, 0.2) is 42.5 Å². The number of aromatic hydroxyl groups is 1. The van der Waals surface area contributed by atoms with E-state index in [1.807, 2.05) is 11.8 Å². The van der Waals surface area contributed by atoms with Gasteiger partial charge in [0.2, 0.25) is 17.7 Å². The number of phenols is 1. The fraction of sp³-hybridized carbons (Fsp3) is 0.516. The van der Waals surface area contributed by atoms with E-state index in [2.05, 4.69) is 10.6 Å². The maximum absolute atomic E-state index is 13.5. The van der Waals surface area contributed by atoms with E-state index >= 15 is 0 Å². The van der Waals surface area contributed by atoms with E-state index in [0.29, 0.717) is 29.3 Å². The smallest absolute Gasteiger partial charge is 0.243 e. The predicted molar refractivity (Wildman–Crippen MR) is 154 cm³/mol. The van der Waals surface area contributed by atoms with Crippen molar-refractivity contribution in [2.24, 2.45) is 5.92 Å². The first-order valence-electron chi connectivity index (χ1n) is 14.5. The summed E-state index contributed by atoms with van der Waals surface area (Å²) in [6.07, 6.45) is 0.876. The minimum atomic E-state index is -1.06. The molecule has 0 radical (unpaired) electrons. The van der Waals surface area contributed by atoms with Crippen LogP contribution >= 0.6 is 0 Å². The average Bonchev–Trinajstić information content (AvgIpc) is 3.76. The van der Waals surface area contributed by atoms with E-state index in [1.54, 1.807) is 26.1 Å². The standard InChI is InChI=1S/C31H41FN4O6/c1-19-16-36(17-22-7-8-22)18-29(39)35(3)20(2)30(40)34-26(13-21-9-11-23(32)12-10-21)31(41)33-15-24(37)14-25-27(38)5-4-6-28(25)42-19/h4-6,9-12,19-20,22,24,26,37-38H,7-8,13-18H2,1-3H3,(H,33,41)(H,34,40). The van der Waals surface area contributed by atoms with Crippen LogP contribution in [0, 0.1) is 11.7 Å². The molecule has 2 aromatic carbocycles. The molecular formula is C31H41FN4O6. The van der Waals surface area contributed by atoms with Crippen LogP contribution in [0.25, 0.3) is 0 Å². The number of carbonyl (C=O) groups is 3. The van der Waals surface area contributed by atoms with Crippen molar-refractivity contribution in [3.05, 3.63) is 59.4 Å². The summed E-state index contributed by atoms with van der Waals surface area (Å²) in [6, 6.07) is 8.58. The van der Waals surface area contributed by atoms with Crippen molar-refractivity contribution in [2.75, 3.05) is 33.2 Å². The summed E-state index contributed by atoms with van der Waals surface area (Å²) in [7, 11) is 1.56. The monoisotopic (exact) mass is 584 g/mol. The van der Waals surface area contributed by atoms with Crippen LogP contribution in [0.3, 0.4) is 0 Å². The number of rotatable bonds is 4. The number of halogens is 1. The Morgan fingerprint density at radius 2 is 1.76 bits per heavy atom. The second-order valence-electron chi connectivity index (χ2n) is 11.5. The van der Waals surface area contributed by atoms with E-state index in [9.17, 15) is 29.0 Å². The first kappa shape index (κ1) is 31.2. The number of nitrogens with zero attached hydrogens (tertiary/aromatic N) is 2. The van der Waals surface area contributed by atoms with Crippen molar-refractivity contribution >= 4 is 17.7 Å². The molecule has 2 aromatic rings. The molecule has 0 bridgehead atoms. The summed E-state index contributed by atoms with van der Waals surface area (Å²) in [6.45, 7) is 4.59. The number of fused-ring (bicyclic) bond motifs is 1. The average molecular weight is 585 g/mol. The Hall–Kier alpha value is -3.70. The molecule has 3 amide bonds. The molecule has 2 aliphatic rings. The van der Waals surface area contributed by atoms with Crippen molar-refractivity contribution in [3.8, 4) is 11.5 Å². The van der Waals surface area contributed by atoms with Crippen molar-refractivity contribution in [3.63, 3.8) is 0 Å². The summed E-state index contributed by atoms with van der Waals surface area (Å²) in [5.74, 6) is -0.851. The van der Waals surface area contributed by atoms with Crippen LogP contribution < -0.4 is 15.4 Å². The lowest BCUT2D eigenvalue weighted by atomic mass is 10.0. The second-order valence-corrected chi connectivity index (χ2v) is 11.5. The molecule has 4 N–H and O–H groups in total. The molecule has 42 heavy (non-hydrogen) atoms. The van der Waals surface area contributed by atoms with E-state index in [4.69, 9.17) is 4.74 Å². The third-order valence-electron chi connectivity index (χ3n) is 7.82. The van der Waals surface area contributed by atoms with E-state index in [-0.39, 0.29) is 43.7 Å². The first-order chi connectivity index (χ1) is 20.0. The SMILES string of the molecule is CC1CN(CC2CC2)CC(=O)N(C)C(C)C(=O)NC(Cc2ccc(F)cc2)C(=O)NCC(O)Cc2c(O)cccc2O1.